The molecule has 0 aliphatic heterocycles. The maximum Gasteiger partial charge on any atom is 0.300 e. The van der Waals surface area contributed by atoms with Crippen molar-refractivity contribution in [3.8, 4) is 0 Å². The summed E-state index contributed by atoms with van der Waals surface area (Å²) in [5.74, 6) is -0.833. The van der Waals surface area contributed by atoms with Crippen LogP contribution in [0.15, 0.2) is 0 Å². The van der Waals surface area contributed by atoms with Gasteiger partial charge in [0, 0.05) is 13.3 Å². The monoisotopic (exact) mass is 207 g/mol. The van der Waals surface area contributed by atoms with Crippen LogP contribution in [0.2, 0.25) is 0 Å². The molecule has 0 saturated heterocycles. The van der Waals surface area contributed by atoms with E-state index in [2.05, 4.69) is 5.32 Å². The number of aldehydes is 1. The lowest BCUT2D eigenvalue weighted by Crippen LogP contribution is -1.89. The van der Waals surface area contributed by atoms with Gasteiger partial charge in [-0.25, -0.2) is 0 Å². The lowest BCUT2D eigenvalue weighted by molar-refractivity contribution is -0.134. The Morgan fingerprint density at radius 1 is 1.43 bits per heavy atom. The van der Waals surface area contributed by atoms with E-state index >= 15 is 0 Å². The number of carbonyl (C=O) groups excluding carboxylic acids is 2. The molecule has 0 atom stereocenters. The fourth-order valence-electron chi connectivity index (χ4n) is 0.118. The van der Waals surface area contributed by atoms with E-state index in [1.165, 1.54) is 0 Å². The van der Waals surface area contributed by atoms with E-state index in [1.54, 1.807) is 0 Å². The van der Waals surface area contributed by atoms with Crippen LogP contribution in [-0.4, -0.2) is 38.2 Å². The molecule has 5 heteroatoms. The van der Waals surface area contributed by atoms with Crippen LogP contribution >= 0.6 is 0 Å². The summed E-state index contributed by atoms with van der Waals surface area (Å²) >= 11 is 0. The Morgan fingerprint density at radius 3 is 1.64 bits per heavy atom. The van der Waals surface area contributed by atoms with Gasteiger partial charge in [-0.3, -0.25) is 4.79 Å². The summed E-state index contributed by atoms with van der Waals surface area (Å²) < 4.78 is 0. The highest BCUT2D eigenvalue weighted by molar-refractivity contribution is 5.62. The smallest absolute Gasteiger partial charge is 0.300 e. The number of carbonyl (C=O) groups is 3. The molecule has 5 nitrogen and oxygen atoms in total. The minimum Gasteiger partial charge on any atom is -0.481 e. The largest absolute Gasteiger partial charge is 0.481 e. The summed E-state index contributed by atoms with van der Waals surface area (Å²) in [6.45, 7) is 5.06. The summed E-state index contributed by atoms with van der Waals surface area (Å²) in [7, 11) is 3.75. The standard InChI is InChI=1S/C4H8O.C2H7N.C2H4O2.CH2O/c1-2-3-4-5;1-3-2;1-2(3)4;1-2/h4H,2-3H2,1H3;3H,1-2H3;1H3,(H,3,4);1H2. The average Bonchev–Trinajstić information content (AvgIpc) is 2.09. The molecule has 0 aromatic heterocycles. The minimum absolute atomic E-state index is 0.708. The van der Waals surface area contributed by atoms with E-state index in [1.807, 2.05) is 27.8 Å². The zero-order valence-corrected chi connectivity index (χ0v) is 9.37. The molecule has 0 heterocycles. The zero-order chi connectivity index (χ0) is 12.4. The molecule has 0 aliphatic carbocycles. The zero-order valence-electron chi connectivity index (χ0n) is 9.37. The van der Waals surface area contributed by atoms with Gasteiger partial charge in [-0.05, 0) is 20.5 Å². The number of nitrogens with one attached hydrogen (secondary N) is 1. The summed E-state index contributed by atoms with van der Waals surface area (Å²) in [6, 6.07) is 0. The first kappa shape index (κ1) is 23.0. The second kappa shape index (κ2) is 41.0. The second-order valence-corrected chi connectivity index (χ2v) is 1.97. The van der Waals surface area contributed by atoms with E-state index < -0.39 is 5.97 Å². The van der Waals surface area contributed by atoms with E-state index in [-0.39, 0.29) is 0 Å². The van der Waals surface area contributed by atoms with E-state index in [4.69, 9.17) is 14.7 Å². The molecule has 0 aromatic rings. The Bertz CT molecular complexity index is 103. The minimum atomic E-state index is -0.833. The van der Waals surface area contributed by atoms with Crippen LogP contribution in [0.3, 0.4) is 0 Å². The highest BCUT2D eigenvalue weighted by Crippen LogP contribution is 1.74. The van der Waals surface area contributed by atoms with E-state index in [9.17, 15) is 4.79 Å². The van der Waals surface area contributed by atoms with Crippen LogP contribution in [0.4, 0.5) is 0 Å². The third-order valence-corrected chi connectivity index (χ3v) is 0.407. The van der Waals surface area contributed by atoms with Crippen molar-refractivity contribution >= 4 is 19.0 Å². The molecule has 0 fully saturated rings. The average molecular weight is 207 g/mol. The van der Waals surface area contributed by atoms with Gasteiger partial charge in [0.25, 0.3) is 5.97 Å². The molecule has 0 aliphatic rings. The van der Waals surface area contributed by atoms with Gasteiger partial charge in [-0.1, -0.05) is 6.92 Å². The fraction of sp³-hybridized carbons (Fsp3) is 0.667. The number of unbranched alkanes of at least 4 members (excludes halogenated alkanes) is 1. The SMILES string of the molecule is C=O.CC(=O)O.CCCC=O.CNC. The first-order valence-electron chi connectivity index (χ1n) is 4.07. The normalized spacial score (nSPS) is 6.00. The van der Waals surface area contributed by atoms with Gasteiger partial charge in [0.15, 0.2) is 0 Å². The summed E-state index contributed by atoms with van der Waals surface area (Å²) in [4.78, 5) is 26.4. The summed E-state index contributed by atoms with van der Waals surface area (Å²) in [5, 5.41) is 10.2. The second-order valence-electron chi connectivity index (χ2n) is 1.97. The third-order valence-electron chi connectivity index (χ3n) is 0.407. The Hall–Kier alpha value is -1.23. The number of carboxylic acids is 1. The molecule has 0 amide bonds. The van der Waals surface area contributed by atoms with Crippen molar-refractivity contribution in [3.05, 3.63) is 0 Å². The first-order chi connectivity index (χ1) is 6.56. The highest BCUT2D eigenvalue weighted by atomic mass is 16.4. The quantitative estimate of drug-likeness (QED) is 0.652. The first-order valence-corrected chi connectivity index (χ1v) is 4.07. The van der Waals surface area contributed by atoms with Gasteiger partial charge in [0.2, 0.25) is 0 Å². The van der Waals surface area contributed by atoms with Gasteiger partial charge in [0.05, 0.1) is 0 Å². The van der Waals surface area contributed by atoms with Crippen LogP contribution in [-0.2, 0) is 14.4 Å². The van der Waals surface area contributed by atoms with Gasteiger partial charge in [0.1, 0.15) is 13.1 Å². The van der Waals surface area contributed by atoms with Crippen molar-refractivity contribution in [1.82, 2.24) is 5.32 Å². The predicted molar refractivity (Wildman–Crippen MR) is 56.4 cm³/mol. The lowest BCUT2D eigenvalue weighted by Gasteiger charge is -1.68. The summed E-state index contributed by atoms with van der Waals surface area (Å²) in [6.07, 6.45) is 2.61. The highest BCUT2D eigenvalue weighted by Gasteiger charge is 1.66. The molecule has 2 N–H and O–H groups in total. The number of carboxylic acid groups (broad SMARTS) is 1. The molecule has 14 heavy (non-hydrogen) atoms. The topological polar surface area (TPSA) is 83.5 Å². The van der Waals surface area contributed by atoms with Gasteiger partial charge in [-0.2, -0.15) is 0 Å². The van der Waals surface area contributed by atoms with Crippen molar-refractivity contribution in [1.29, 1.82) is 0 Å². The molecule has 0 bridgehead atoms. The molecule has 86 valence electrons. The van der Waals surface area contributed by atoms with E-state index in [0.29, 0.717) is 6.42 Å². The third kappa shape index (κ3) is 1730. The van der Waals surface area contributed by atoms with Crippen LogP contribution in [0.25, 0.3) is 0 Å². The van der Waals surface area contributed by atoms with Crippen LogP contribution in [0.1, 0.15) is 26.7 Å². The molecule has 0 saturated carbocycles. The van der Waals surface area contributed by atoms with Gasteiger partial charge in [-0.15, -0.1) is 0 Å². The lowest BCUT2D eigenvalue weighted by atomic mass is 10.4. The number of hydrogen-bond donors (Lipinski definition) is 2. The van der Waals surface area contributed by atoms with Crippen LogP contribution in [0, 0.1) is 0 Å². The molecule has 0 unspecified atom stereocenters. The molecule has 0 radical (unpaired) electrons. The number of aliphatic carboxylic acids is 1. The van der Waals surface area contributed by atoms with Crippen molar-refractivity contribution in [3.63, 3.8) is 0 Å². The van der Waals surface area contributed by atoms with Crippen LogP contribution < -0.4 is 5.32 Å². The maximum absolute atomic E-state index is 9.40. The molecule has 0 rings (SSSR count). The Balaban J connectivity index is -0.0000000505. The van der Waals surface area contributed by atoms with E-state index in [0.717, 1.165) is 19.6 Å². The molecular weight excluding hydrogens is 186 g/mol. The van der Waals surface area contributed by atoms with Crippen LogP contribution in [0.5, 0.6) is 0 Å². The van der Waals surface area contributed by atoms with Crippen molar-refractivity contribution in [2.24, 2.45) is 0 Å². The molecular formula is C9H21NO4. The fourth-order valence-corrected chi connectivity index (χ4v) is 0.118. The Labute approximate surface area is 85.5 Å². The Kier molecular flexibility index (Phi) is 67.4. The predicted octanol–water partition coefficient (Wildman–Crippen LogP) is 0.727. The molecule has 0 spiro atoms. The van der Waals surface area contributed by atoms with Gasteiger partial charge < -0.3 is 20.0 Å². The summed E-state index contributed by atoms with van der Waals surface area (Å²) in [5.41, 5.74) is 0. The van der Waals surface area contributed by atoms with Crippen molar-refractivity contribution in [2.75, 3.05) is 14.1 Å². The van der Waals surface area contributed by atoms with Crippen molar-refractivity contribution < 1.29 is 19.5 Å². The van der Waals surface area contributed by atoms with Gasteiger partial charge >= 0.3 is 0 Å². The number of rotatable bonds is 2. The van der Waals surface area contributed by atoms with Crippen molar-refractivity contribution in [2.45, 2.75) is 26.7 Å². The Morgan fingerprint density at radius 2 is 1.64 bits per heavy atom. The number of hydrogen-bond acceptors (Lipinski definition) is 4. The molecule has 0 aromatic carbocycles. The maximum atomic E-state index is 9.40.